The van der Waals surface area contributed by atoms with Crippen LogP contribution in [0, 0.1) is 0 Å². The molecule has 1 N–H and O–H groups in total. The minimum atomic E-state index is -2.51. The van der Waals surface area contributed by atoms with Crippen LogP contribution in [0.2, 0.25) is 5.15 Å². The summed E-state index contributed by atoms with van der Waals surface area (Å²) in [6, 6.07) is 8.75. The smallest absolute Gasteiger partial charge is 0.263 e. The van der Waals surface area contributed by atoms with E-state index in [0.29, 0.717) is 16.8 Å². The Morgan fingerprint density at radius 3 is 2.71 bits per heavy atom. The van der Waals surface area contributed by atoms with Crippen molar-refractivity contribution in [3.63, 3.8) is 0 Å². The van der Waals surface area contributed by atoms with Gasteiger partial charge in [-0.15, -0.1) is 0 Å². The van der Waals surface area contributed by atoms with Crippen LogP contribution >= 0.6 is 11.6 Å². The molecular weight excluding hydrogens is 420 g/mol. The Bertz CT molecular complexity index is 1220. The van der Waals surface area contributed by atoms with E-state index in [-0.39, 0.29) is 5.56 Å². The van der Waals surface area contributed by atoms with E-state index >= 15 is 0 Å². The predicted molar refractivity (Wildman–Crippen MR) is 118 cm³/mol. The van der Waals surface area contributed by atoms with E-state index in [0.717, 1.165) is 53.6 Å². The molecule has 0 atom stereocenters. The van der Waals surface area contributed by atoms with Gasteiger partial charge < -0.3 is 9.88 Å². The van der Waals surface area contributed by atoms with E-state index < -0.39 is 6.43 Å². The second kappa shape index (κ2) is 8.05. The van der Waals surface area contributed by atoms with Crippen LogP contribution in [0.15, 0.2) is 48.9 Å². The fourth-order valence-corrected chi connectivity index (χ4v) is 4.49. The Hall–Kier alpha value is -2.77. The summed E-state index contributed by atoms with van der Waals surface area (Å²) >= 11 is 6.50. The zero-order valence-electron chi connectivity index (χ0n) is 17.0. The van der Waals surface area contributed by atoms with Gasteiger partial charge in [-0.3, -0.25) is 4.68 Å². The molecule has 0 spiro atoms. The maximum atomic E-state index is 13.2. The lowest BCUT2D eigenvalue weighted by Gasteiger charge is -2.28. The van der Waals surface area contributed by atoms with Gasteiger partial charge in [-0.2, -0.15) is 5.10 Å². The zero-order valence-corrected chi connectivity index (χ0v) is 17.8. The van der Waals surface area contributed by atoms with Gasteiger partial charge in [0.1, 0.15) is 5.65 Å². The molecule has 160 valence electrons. The zero-order chi connectivity index (χ0) is 21.5. The van der Waals surface area contributed by atoms with Gasteiger partial charge in [-0.05, 0) is 50.7 Å². The van der Waals surface area contributed by atoms with E-state index in [1.54, 1.807) is 18.5 Å². The molecule has 5 rings (SSSR count). The molecule has 3 aromatic heterocycles. The summed E-state index contributed by atoms with van der Waals surface area (Å²) in [5, 5.41) is 5.85. The number of likely N-dealkylation sites (tertiary alicyclic amines) is 1. The predicted octanol–water partition coefficient (Wildman–Crippen LogP) is 5.95. The maximum Gasteiger partial charge on any atom is 0.263 e. The fourth-order valence-electron chi connectivity index (χ4n) is 4.24. The third-order valence-corrected chi connectivity index (χ3v) is 6.32. The minimum Gasteiger partial charge on any atom is -0.346 e. The Morgan fingerprint density at radius 1 is 1.13 bits per heavy atom. The molecule has 0 saturated carbocycles. The molecule has 1 aliphatic heterocycles. The number of rotatable bonds is 4. The first-order chi connectivity index (χ1) is 15.0. The van der Waals surface area contributed by atoms with Crippen molar-refractivity contribution in [2.45, 2.75) is 25.3 Å². The molecule has 8 heteroatoms. The number of alkyl halides is 2. The van der Waals surface area contributed by atoms with E-state index in [1.165, 1.54) is 12.1 Å². The summed E-state index contributed by atoms with van der Waals surface area (Å²) in [6.07, 6.45) is 5.12. The SMILES string of the molecule is CN1CCC(n2cc(-c3cnc4[nH]cc(-c5cccc(C(F)F)c5)c4c3)c(Cl)n2)CC1. The highest BCUT2D eigenvalue weighted by molar-refractivity contribution is 6.32. The first-order valence-electron chi connectivity index (χ1n) is 10.3. The lowest BCUT2D eigenvalue weighted by molar-refractivity contribution is 0.151. The average Bonchev–Trinajstić information content (AvgIpc) is 3.37. The lowest BCUT2D eigenvalue weighted by atomic mass is 10.0. The highest BCUT2D eigenvalue weighted by Gasteiger charge is 2.21. The number of aromatic nitrogens is 4. The largest absolute Gasteiger partial charge is 0.346 e. The van der Waals surface area contributed by atoms with Crippen LogP contribution < -0.4 is 0 Å². The van der Waals surface area contributed by atoms with Crippen LogP contribution in [0.25, 0.3) is 33.3 Å². The third-order valence-electron chi connectivity index (χ3n) is 6.04. The summed E-state index contributed by atoms with van der Waals surface area (Å²) in [7, 11) is 2.13. The number of benzene rings is 1. The van der Waals surface area contributed by atoms with Gasteiger partial charge in [0.2, 0.25) is 0 Å². The van der Waals surface area contributed by atoms with Crippen molar-refractivity contribution in [1.82, 2.24) is 24.6 Å². The van der Waals surface area contributed by atoms with Crippen molar-refractivity contribution >= 4 is 22.6 Å². The molecule has 0 unspecified atom stereocenters. The van der Waals surface area contributed by atoms with Crippen LogP contribution in [0.3, 0.4) is 0 Å². The van der Waals surface area contributed by atoms with Gasteiger partial charge in [0.05, 0.1) is 6.04 Å². The number of pyridine rings is 1. The molecule has 0 amide bonds. The first-order valence-corrected chi connectivity index (χ1v) is 10.7. The molecule has 0 aliphatic carbocycles. The van der Waals surface area contributed by atoms with Crippen molar-refractivity contribution < 1.29 is 8.78 Å². The number of fused-ring (bicyclic) bond motifs is 1. The molecule has 4 heterocycles. The molecule has 1 fully saturated rings. The van der Waals surface area contributed by atoms with Gasteiger partial charge in [-0.1, -0.05) is 29.8 Å². The number of halogens is 3. The molecule has 1 saturated heterocycles. The number of hydrogen-bond donors (Lipinski definition) is 1. The molecule has 5 nitrogen and oxygen atoms in total. The fraction of sp³-hybridized carbons (Fsp3) is 0.304. The van der Waals surface area contributed by atoms with E-state index in [1.807, 2.05) is 23.0 Å². The number of piperidine rings is 1. The summed E-state index contributed by atoms with van der Waals surface area (Å²) in [6.45, 7) is 2.07. The van der Waals surface area contributed by atoms with Gasteiger partial charge >= 0.3 is 0 Å². The summed E-state index contributed by atoms with van der Waals surface area (Å²) in [5.74, 6) is 0. The highest BCUT2D eigenvalue weighted by Crippen LogP contribution is 2.35. The Labute approximate surface area is 183 Å². The van der Waals surface area contributed by atoms with Crippen LogP contribution in [-0.4, -0.2) is 44.8 Å². The van der Waals surface area contributed by atoms with Crippen molar-refractivity contribution in [3.05, 3.63) is 59.6 Å². The summed E-state index contributed by atoms with van der Waals surface area (Å²) in [5.41, 5.74) is 3.91. The standard InChI is InChI=1S/C23H22ClF2N5/c1-30-7-5-17(6-8-30)31-13-20(21(24)29-31)16-10-18-19(12-28-23(18)27-11-16)14-3-2-4-15(9-14)22(25)26/h2-4,9-13,17,22H,5-8H2,1H3,(H,27,28). The van der Waals surface area contributed by atoms with Crippen LogP contribution in [0.1, 0.15) is 30.9 Å². The molecule has 1 aromatic carbocycles. The van der Waals surface area contributed by atoms with Gasteiger partial charge in [0.25, 0.3) is 6.43 Å². The van der Waals surface area contributed by atoms with E-state index in [4.69, 9.17) is 11.6 Å². The van der Waals surface area contributed by atoms with Crippen molar-refractivity contribution in [3.8, 4) is 22.3 Å². The number of nitrogens with zero attached hydrogens (tertiary/aromatic N) is 4. The van der Waals surface area contributed by atoms with Gasteiger partial charge in [-0.25, -0.2) is 13.8 Å². The Kier molecular flexibility index (Phi) is 5.24. The molecule has 0 radical (unpaired) electrons. The second-order valence-electron chi connectivity index (χ2n) is 8.10. The highest BCUT2D eigenvalue weighted by atomic mass is 35.5. The molecule has 1 aliphatic rings. The number of hydrogen-bond acceptors (Lipinski definition) is 3. The molecule has 0 bridgehead atoms. The second-order valence-corrected chi connectivity index (χ2v) is 8.45. The quantitative estimate of drug-likeness (QED) is 0.425. The average molecular weight is 442 g/mol. The van der Waals surface area contributed by atoms with Crippen molar-refractivity contribution in [2.24, 2.45) is 0 Å². The maximum absolute atomic E-state index is 13.2. The lowest BCUT2D eigenvalue weighted by Crippen LogP contribution is -2.31. The van der Waals surface area contributed by atoms with Gasteiger partial charge in [0.15, 0.2) is 5.15 Å². The monoisotopic (exact) mass is 441 g/mol. The Morgan fingerprint density at radius 2 is 1.94 bits per heavy atom. The van der Waals surface area contributed by atoms with Gasteiger partial charge in [0, 0.05) is 46.2 Å². The minimum absolute atomic E-state index is 0.00147. The number of H-pyrrole nitrogens is 1. The summed E-state index contributed by atoms with van der Waals surface area (Å²) < 4.78 is 28.3. The first kappa shape index (κ1) is 20.2. The third kappa shape index (κ3) is 3.83. The molecule has 31 heavy (non-hydrogen) atoms. The molecule has 4 aromatic rings. The van der Waals surface area contributed by atoms with E-state index in [2.05, 4.69) is 27.0 Å². The van der Waals surface area contributed by atoms with Crippen LogP contribution in [-0.2, 0) is 0 Å². The topological polar surface area (TPSA) is 49.7 Å². The number of aromatic amines is 1. The van der Waals surface area contributed by atoms with Crippen molar-refractivity contribution in [2.75, 3.05) is 20.1 Å². The van der Waals surface area contributed by atoms with Crippen LogP contribution in [0.5, 0.6) is 0 Å². The van der Waals surface area contributed by atoms with E-state index in [9.17, 15) is 8.78 Å². The summed E-state index contributed by atoms with van der Waals surface area (Å²) in [4.78, 5) is 9.98. The molecular formula is C23H22ClF2N5. The number of nitrogens with one attached hydrogen (secondary N) is 1. The van der Waals surface area contributed by atoms with Crippen molar-refractivity contribution in [1.29, 1.82) is 0 Å². The Balaban J connectivity index is 1.52. The van der Waals surface area contributed by atoms with Crippen LogP contribution in [0.4, 0.5) is 8.78 Å². The normalized spacial score (nSPS) is 15.9.